The summed E-state index contributed by atoms with van der Waals surface area (Å²) in [5, 5.41) is 7.19. The molecule has 0 radical (unpaired) electrons. The van der Waals surface area contributed by atoms with E-state index in [-0.39, 0.29) is 0 Å². The molecule has 2 aromatic heterocycles. The number of aromatic nitrogens is 1. The van der Waals surface area contributed by atoms with Crippen LogP contribution in [0.25, 0.3) is 82.5 Å². The summed E-state index contributed by atoms with van der Waals surface area (Å²) >= 11 is 0. The summed E-state index contributed by atoms with van der Waals surface area (Å²) in [6, 6.07) is 73.9. The van der Waals surface area contributed by atoms with Crippen LogP contribution in [0.4, 0.5) is 17.1 Å². The smallest absolute Gasteiger partial charge is 0.137 e. The van der Waals surface area contributed by atoms with Crippen molar-refractivity contribution in [2.45, 2.75) is 0 Å². The lowest BCUT2D eigenvalue weighted by Gasteiger charge is -2.27. The Labute approximate surface area is 318 Å². The number of hydrogen-bond donors (Lipinski definition) is 0. The predicted molar refractivity (Wildman–Crippen MR) is 231 cm³/mol. The standard InChI is InChI=1S/C52H34N2O/c1-3-14-35(15-4-1)36-28-31-39(32-29-36)53(45-25-13-27-49-50(45)44-22-9-10-26-48(44)55-49)40-19-11-20-41(34-40)54-46-24-12-23-43(37-16-5-2-6-17-37)51(46)52-42-21-8-7-18-38(42)30-33-47(52)54/h1-34H. The second-order valence-electron chi connectivity index (χ2n) is 14.1. The van der Waals surface area contributed by atoms with Crippen molar-refractivity contribution < 1.29 is 4.42 Å². The predicted octanol–water partition coefficient (Wildman–Crippen LogP) is 14.6. The summed E-state index contributed by atoms with van der Waals surface area (Å²) in [5.41, 5.74) is 13.2. The molecule has 0 fully saturated rings. The summed E-state index contributed by atoms with van der Waals surface area (Å²) in [4.78, 5) is 2.38. The Bertz CT molecular complexity index is 3190. The number of benzene rings is 9. The van der Waals surface area contributed by atoms with Gasteiger partial charge in [-0.3, -0.25) is 0 Å². The fourth-order valence-corrected chi connectivity index (χ4v) is 8.54. The first-order chi connectivity index (χ1) is 27.3. The molecule has 0 saturated heterocycles. The van der Waals surface area contributed by atoms with E-state index in [1.807, 2.05) is 12.1 Å². The maximum absolute atomic E-state index is 6.42. The molecule has 0 amide bonds. The van der Waals surface area contributed by atoms with Crippen LogP contribution in [0.3, 0.4) is 0 Å². The van der Waals surface area contributed by atoms with Crippen LogP contribution in [0.5, 0.6) is 0 Å². The Morgan fingerprint density at radius 3 is 1.87 bits per heavy atom. The summed E-state index contributed by atoms with van der Waals surface area (Å²) in [6.45, 7) is 0. The monoisotopic (exact) mass is 702 g/mol. The second-order valence-corrected chi connectivity index (χ2v) is 14.1. The fourth-order valence-electron chi connectivity index (χ4n) is 8.54. The van der Waals surface area contributed by atoms with Crippen molar-refractivity contribution >= 4 is 71.6 Å². The van der Waals surface area contributed by atoms with Crippen LogP contribution in [0.1, 0.15) is 0 Å². The zero-order valence-electron chi connectivity index (χ0n) is 29.9. The average molecular weight is 703 g/mol. The van der Waals surface area contributed by atoms with E-state index in [2.05, 4.69) is 204 Å². The Morgan fingerprint density at radius 2 is 1.04 bits per heavy atom. The lowest BCUT2D eigenvalue weighted by Crippen LogP contribution is -2.11. The third kappa shape index (κ3) is 5.05. The van der Waals surface area contributed by atoms with Gasteiger partial charge in [-0.05, 0) is 93.7 Å². The lowest BCUT2D eigenvalue weighted by molar-refractivity contribution is 0.669. The molecule has 11 rings (SSSR count). The van der Waals surface area contributed by atoms with Crippen molar-refractivity contribution in [3.05, 3.63) is 206 Å². The zero-order valence-corrected chi connectivity index (χ0v) is 29.9. The van der Waals surface area contributed by atoms with Crippen LogP contribution in [0.15, 0.2) is 211 Å². The van der Waals surface area contributed by atoms with Gasteiger partial charge in [0.15, 0.2) is 0 Å². The third-order valence-corrected chi connectivity index (χ3v) is 11.0. The molecule has 0 aliphatic rings. The molecule has 9 aromatic carbocycles. The number of nitrogens with zero attached hydrogens (tertiary/aromatic N) is 2. The minimum absolute atomic E-state index is 0.864. The van der Waals surface area contributed by atoms with Crippen LogP contribution in [0.2, 0.25) is 0 Å². The van der Waals surface area contributed by atoms with Gasteiger partial charge >= 0.3 is 0 Å². The van der Waals surface area contributed by atoms with Gasteiger partial charge in [-0.1, -0.05) is 146 Å². The highest BCUT2D eigenvalue weighted by atomic mass is 16.3. The van der Waals surface area contributed by atoms with Gasteiger partial charge in [0.25, 0.3) is 0 Å². The molecule has 0 bridgehead atoms. The van der Waals surface area contributed by atoms with Crippen LogP contribution < -0.4 is 4.90 Å². The van der Waals surface area contributed by atoms with Gasteiger partial charge in [0.05, 0.1) is 22.1 Å². The molecule has 0 aliphatic heterocycles. The molecule has 3 nitrogen and oxygen atoms in total. The maximum Gasteiger partial charge on any atom is 0.137 e. The summed E-state index contributed by atoms with van der Waals surface area (Å²) in [5.74, 6) is 0. The summed E-state index contributed by atoms with van der Waals surface area (Å²) < 4.78 is 8.87. The number of rotatable bonds is 6. The van der Waals surface area contributed by atoms with Gasteiger partial charge in [0.1, 0.15) is 11.2 Å². The van der Waals surface area contributed by atoms with E-state index >= 15 is 0 Å². The first-order valence-electron chi connectivity index (χ1n) is 18.8. The Hall–Kier alpha value is -7.36. The molecule has 0 spiro atoms. The largest absolute Gasteiger partial charge is 0.456 e. The highest BCUT2D eigenvalue weighted by Gasteiger charge is 2.22. The number of furan rings is 1. The van der Waals surface area contributed by atoms with E-state index in [4.69, 9.17) is 4.42 Å². The third-order valence-electron chi connectivity index (χ3n) is 11.0. The van der Waals surface area contributed by atoms with E-state index in [1.54, 1.807) is 0 Å². The van der Waals surface area contributed by atoms with Crippen LogP contribution in [-0.4, -0.2) is 4.57 Å². The van der Waals surface area contributed by atoms with E-state index in [1.165, 1.54) is 54.8 Å². The van der Waals surface area contributed by atoms with E-state index in [9.17, 15) is 0 Å². The molecule has 3 heteroatoms. The van der Waals surface area contributed by atoms with Crippen molar-refractivity contribution in [2.75, 3.05) is 4.90 Å². The Morgan fingerprint density at radius 1 is 0.382 bits per heavy atom. The van der Waals surface area contributed by atoms with Crippen molar-refractivity contribution in [3.63, 3.8) is 0 Å². The SMILES string of the molecule is c1ccc(-c2ccc(N(c3cccc(-n4c5cccc(-c6ccccc6)c5c5c6ccccc6ccc54)c3)c3cccc4oc5ccccc5c34)cc2)cc1. The normalized spacial score (nSPS) is 11.6. The highest BCUT2D eigenvalue weighted by Crippen LogP contribution is 2.45. The topological polar surface area (TPSA) is 21.3 Å². The highest BCUT2D eigenvalue weighted by molar-refractivity contribution is 6.25. The number of anilines is 3. The van der Waals surface area contributed by atoms with Crippen LogP contribution >= 0.6 is 0 Å². The number of para-hydroxylation sites is 1. The zero-order chi connectivity index (χ0) is 36.3. The molecule has 0 unspecified atom stereocenters. The molecular formula is C52H34N2O. The van der Waals surface area contributed by atoms with Gasteiger partial charge in [0.2, 0.25) is 0 Å². The van der Waals surface area contributed by atoms with E-state index in [0.717, 1.165) is 44.7 Å². The first kappa shape index (κ1) is 31.2. The number of fused-ring (bicyclic) bond motifs is 8. The average Bonchev–Trinajstić information content (AvgIpc) is 3.82. The van der Waals surface area contributed by atoms with E-state index in [0.29, 0.717) is 0 Å². The van der Waals surface area contributed by atoms with Crippen LogP contribution in [0, 0.1) is 0 Å². The molecule has 0 aliphatic carbocycles. The molecule has 11 aromatic rings. The first-order valence-corrected chi connectivity index (χ1v) is 18.8. The van der Waals surface area contributed by atoms with Crippen molar-refractivity contribution in [1.29, 1.82) is 0 Å². The van der Waals surface area contributed by atoms with Gasteiger partial charge in [-0.25, -0.2) is 0 Å². The molecule has 258 valence electrons. The second kappa shape index (κ2) is 12.6. The minimum atomic E-state index is 0.864. The summed E-state index contributed by atoms with van der Waals surface area (Å²) in [7, 11) is 0. The molecule has 55 heavy (non-hydrogen) atoms. The van der Waals surface area contributed by atoms with Crippen molar-refractivity contribution in [2.24, 2.45) is 0 Å². The van der Waals surface area contributed by atoms with Crippen LogP contribution in [-0.2, 0) is 0 Å². The molecule has 0 atom stereocenters. The minimum Gasteiger partial charge on any atom is -0.456 e. The van der Waals surface area contributed by atoms with Gasteiger partial charge in [-0.2, -0.15) is 0 Å². The van der Waals surface area contributed by atoms with Gasteiger partial charge < -0.3 is 13.9 Å². The quantitative estimate of drug-likeness (QED) is 0.172. The Balaban J connectivity index is 1.17. The Kier molecular flexibility index (Phi) is 7.17. The molecular weight excluding hydrogens is 669 g/mol. The molecule has 2 heterocycles. The fraction of sp³-hybridized carbons (Fsp3) is 0. The summed E-state index contributed by atoms with van der Waals surface area (Å²) in [6.07, 6.45) is 0. The molecule has 0 saturated carbocycles. The van der Waals surface area contributed by atoms with Gasteiger partial charge in [0, 0.05) is 33.2 Å². The maximum atomic E-state index is 6.42. The van der Waals surface area contributed by atoms with Crippen molar-refractivity contribution in [1.82, 2.24) is 4.57 Å². The number of hydrogen-bond acceptors (Lipinski definition) is 2. The van der Waals surface area contributed by atoms with Gasteiger partial charge in [-0.15, -0.1) is 0 Å². The molecule has 0 N–H and O–H groups in total. The van der Waals surface area contributed by atoms with Crippen molar-refractivity contribution in [3.8, 4) is 27.9 Å². The van der Waals surface area contributed by atoms with E-state index < -0.39 is 0 Å². The lowest BCUT2D eigenvalue weighted by atomic mass is 9.97.